The Morgan fingerprint density at radius 3 is 2.45 bits per heavy atom. The zero-order valence-electron chi connectivity index (χ0n) is 18.0. The molecule has 0 fully saturated rings. The molecule has 0 unspecified atom stereocenters. The highest BCUT2D eigenvalue weighted by Crippen LogP contribution is 2.22. The van der Waals surface area contributed by atoms with Crippen molar-refractivity contribution in [2.24, 2.45) is 0 Å². The van der Waals surface area contributed by atoms with Crippen molar-refractivity contribution < 1.29 is 19.5 Å². The number of hydrogen-bond acceptors (Lipinski definition) is 4. The lowest BCUT2D eigenvalue weighted by Crippen LogP contribution is -2.15. The van der Waals surface area contributed by atoms with Crippen LogP contribution in [-0.4, -0.2) is 30.4 Å². The van der Waals surface area contributed by atoms with Gasteiger partial charge in [-0.15, -0.1) is 0 Å². The lowest BCUT2D eigenvalue weighted by molar-refractivity contribution is -0.105. The lowest BCUT2D eigenvalue weighted by Gasteiger charge is -2.09. The van der Waals surface area contributed by atoms with Crippen LogP contribution in [0.1, 0.15) is 33.2 Å². The molecule has 0 heterocycles. The number of carboxylic acid groups (broad SMARTS) is 1. The molecule has 33 heavy (non-hydrogen) atoms. The van der Waals surface area contributed by atoms with Gasteiger partial charge in [-0.05, 0) is 66.6 Å². The Morgan fingerprint density at radius 2 is 1.82 bits per heavy atom. The van der Waals surface area contributed by atoms with E-state index < -0.39 is 11.9 Å². The summed E-state index contributed by atoms with van der Waals surface area (Å²) in [7, 11) is 1.89. The summed E-state index contributed by atoms with van der Waals surface area (Å²) in [5, 5.41) is 18.0. The van der Waals surface area contributed by atoms with Gasteiger partial charge in [0.05, 0.1) is 11.3 Å². The molecule has 0 atom stereocenters. The second-order valence-corrected chi connectivity index (χ2v) is 8.10. The topological polar surface area (TPSA) is 108 Å². The maximum absolute atomic E-state index is 12.2. The third-order valence-electron chi connectivity index (χ3n) is 4.47. The van der Waals surface area contributed by atoms with Gasteiger partial charge in [-0.1, -0.05) is 40.5 Å². The zero-order chi connectivity index (χ0) is 24.4. The number of carboxylic acids is 1. The zero-order valence-corrected chi connectivity index (χ0v) is 20.3. The molecule has 9 heteroatoms. The summed E-state index contributed by atoms with van der Waals surface area (Å²) in [6.45, 7) is 2.12. The van der Waals surface area contributed by atoms with Gasteiger partial charge < -0.3 is 21.1 Å². The van der Waals surface area contributed by atoms with Crippen LogP contribution in [0.5, 0.6) is 0 Å². The van der Waals surface area contributed by atoms with Crippen molar-refractivity contribution in [1.29, 1.82) is 0 Å². The minimum atomic E-state index is -1.15. The van der Waals surface area contributed by atoms with Crippen LogP contribution in [0, 0.1) is 0 Å². The molecule has 0 radical (unpaired) electrons. The molecule has 7 nitrogen and oxygen atoms in total. The Morgan fingerprint density at radius 1 is 1.06 bits per heavy atom. The van der Waals surface area contributed by atoms with Crippen molar-refractivity contribution in [3.05, 3.63) is 86.8 Å². The van der Waals surface area contributed by atoms with Crippen molar-refractivity contribution in [1.82, 2.24) is 0 Å². The standard InChI is InChI=1S/C15H11BrN2O4.C9H12ClN/c16-10-4-5-13(12(7-10)15(21)22)18-14(20)9-2-1-3-11(6-9)17-8-19;1-3-7-4-8(10)6-9(5-7)11-2/h1-8H,(H,17,19)(H,18,20)(H,21,22);4-6,11H,3H2,1-2H3. The summed E-state index contributed by atoms with van der Waals surface area (Å²) in [5.41, 5.74) is 3.28. The fraction of sp³-hybridized carbons (Fsp3) is 0.125. The Bertz CT molecular complexity index is 1130. The van der Waals surface area contributed by atoms with Crippen LogP contribution in [0.2, 0.25) is 5.02 Å². The second-order valence-electron chi connectivity index (χ2n) is 6.74. The number of benzene rings is 3. The summed E-state index contributed by atoms with van der Waals surface area (Å²) in [6.07, 6.45) is 1.53. The van der Waals surface area contributed by atoms with Crippen LogP contribution in [0.4, 0.5) is 17.1 Å². The average molecular weight is 533 g/mol. The molecular weight excluding hydrogens is 510 g/mol. The second kappa shape index (κ2) is 12.6. The highest BCUT2D eigenvalue weighted by molar-refractivity contribution is 9.10. The molecular formula is C24H23BrClN3O4. The molecule has 2 amide bonds. The van der Waals surface area contributed by atoms with Crippen LogP contribution in [-0.2, 0) is 11.2 Å². The van der Waals surface area contributed by atoms with E-state index in [9.17, 15) is 14.4 Å². The molecule has 0 aliphatic carbocycles. The molecule has 0 saturated carbocycles. The Labute approximate surface area is 205 Å². The molecule has 0 saturated heterocycles. The molecule has 3 aromatic rings. The summed E-state index contributed by atoms with van der Waals surface area (Å²) in [6, 6.07) is 16.8. The fourth-order valence-corrected chi connectivity index (χ4v) is 3.43. The third-order valence-corrected chi connectivity index (χ3v) is 5.18. The summed E-state index contributed by atoms with van der Waals surface area (Å²) >= 11 is 9.05. The number of hydrogen-bond donors (Lipinski definition) is 4. The predicted octanol–water partition coefficient (Wildman–Crippen LogP) is 5.91. The molecule has 3 rings (SSSR count). The number of carbonyl (C=O) groups excluding carboxylic acids is 2. The third kappa shape index (κ3) is 7.93. The molecule has 0 aliphatic heterocycles. The molecule has 0 bridgehead atoms. The lowest BCUT2D eigenvalue weighted by atomic mass is 10.1. The van der Waals surface area contributed by atoms with Crippen molar-refractivity contribution in [2.45, 2.75) is 13.3 Å². The van der Waals surface area contributed by atoms with Crippen LogP contribution in [0.25, 0.3) is 0 Å². The number of halogens is 2. The van der Waals surface area contributed by atoms with Crippen LogP contribution in [0.3, 0.4) is 0 Å². The van der Waals surface area contributed by atoms with Crippen molar-refractivity contribution in [2.75, 3.05) is 23.0 Å². The first-order valence-corrected chi connectivity index (χ1v) is 11.1. The van der Waals surface area contributed by atoms with E-state index in [1.807, 2.05) is 19.2 Å². The quantitative estimate of drug-likeness (QED) is 0.283. The van der Waals surface area contributed by atoms with E-state index in [-0.39, 0.29) is 11.3 Å². The van der Waals surface area contributed by atoms with Crippen LogP contribution in [0.15, 0.2) is 65.1 Å². The van der Waals surface area contributed by atoms with Gasteiger partial charge in [-0.3, -0.25) is 9.59 Å². The average Bonchev–Trinajstić information content (AvgIpc) is 2.80. The minimum absolute atomic E-state index is 0.0232. The van der Waals surface area contributed by atoms with E-state index in [0.717, 1.165) is 17.1 Å². The van der Waals surface area contributed by atoms with E-state index in [1.54, 1.807) is 24.3 Å². The molecule has 0 aliphatic rings. The Hall–Kier alpha value is -3.36. The highest BCUT2D eigenvalue weighted by Gasteiger charge is 2.14. The number of carbonyl (C=O) groups is 3. The van der Waals surface area contributed by atoms with Gasteiger partial charge in [0.1, 0.15) is 0 Å². The maximum atomic E-state index is 12.2. The highest BCUT2D eigenvalue weighted by atomic mass is 79.9. The maximum Gasteiger partial charge on any atom is 0.337 e. The number of amides is 2. The predicted molar refractivity (Wildman–Crippen MR) is 136 cm³/mol. The normalized spacial score (nSPS) is 9.82. The monoisotopic (exact) mass is 531 g/mol. The van der Waals surface area contributed by atoms with Gasteiger partial charge in [0.2, 0.25) is 6.41 Å². The Kier molecular flexibility index (Phi) is 9.90. The van der Waals surface area contributed by atoms with Gasteiger partial charge >= 0.3 is 5.97 Å². The largest absolute Gasteiger partial charge is 0.478 e. The van der Waals surface area contributed by atoms with Gasteiger partial charge in [0.25, 0.3) is 5.91 Å². The summed E-state index contributed by atoms with van der Waals surface area (Å²) in [5.74, 6) is -1.62. The van der Waals surface area contributed by atoms with E-state index >= 15 is 0 Å². The molecule has 4 N–H and O–H groups in total. The molecule has 0 aromatic heterocycles. The van der Waals surface area contributed by atoms with E-state index in [0.29, 0.717) is 22.1 Å². The molecule has 0 spiro atoms. The Balaban J connectivity index is 0.000000294. The van der Waals surface area contributed by atoms with Crippen LogP contribution >= 0.6 is 27.5 Å². The first-order chi connectivity index (χ1) is 15.8. The number of rotatable bonds is 7. The first-order valence-electron chi connectivity index (χ1n) is 9.89. The van der Waals surface area contributed by atoms with E-state index in [2.05, 4.69) is 44.9 Å². The van der Waals surface area contributed by atoms with E-state index in [4.69, 9.17) is 16.7 Å². The van der Waals surface area contributed by atoms with E-state index in [1.165, 1.54) is 23.8 Å². The number of anilines is 3. The van der Waals surface area contributed by atoms with Crippen LogP contribution < -0.4 is 16.0 Å². The number of nitrogens with one attached hydrogen (secondary N) is 3. The summed E-state index contributed by atoms with van der Waals surface area (Å²) < 4.78 is 0.597. The SMILES string of the molecule is CCc1cc(Cl)cc(NC)c1.O=CNc1cccc(C(=O)Nc2ccc(Br)cc2C(=O)O)c1. The van der Waals surface area contributed by atoms with Crippen molar-refractivity contribution >= 4 is 62.9 Å². The van der Waals surface area contributed by atoms with Crippen molar-refractivity contribution in [3.63, 3.8) is 0 Å². The summed E-state index contributed by atoms with van der Waals surface area (Å²) in [4.78, 5) is 33.8. The minimum Gasteiger partial charge on any atom is -0.478 e. The molecule has 172 valence electrons. The van der Waals surface area contributed by atoms with Crippen molar-refractivity contribution in [3.8, 4) is 0 Å². The van der Waals surface area contributed by atoms with Gasteiger partial charge in [-0.25, -0.2) is 4.79 Å². The van der Waals surface area contributed by atoms with Gasteiger partial charge in [-0.2, -0.15) is 0 Å². The molecule has 3 aromatic carbocycles. The van der Waals surface area contributed by atoms with Gasteiger partial charge in [0.15, 0.2) is 0 Å². The smallest absolute Gasteiger partial charge is 0.337 e. The number of aromatic carboxylic acids is 1. The van der Waals surface area contributed by atoms with Gasteiger partial charge in [0, 0.05) is 33.5 Å². The number of aryl methyl sites for hydroxylation is 1. The first kappa shape index (κ1) is 25.9. The fourth-order valence-electron chi connectivity index (χ4n) is 2.81.